The highest BCUT2D eigenvalue weighted by Crippen LogP contribution is 2.37. The molecule has 0 saturated heterocycles. The van der Waals surface area contributed by atoms with E-state index in [2.05, 4.69) is 6.58 Å². The molecular formula is C16H19ClF3NO3. The monoisotopic (exact) mass is 365 g/mol. The number of halogens is 4. The molecule has 134 valence electrons. The first-order valence-corrected chi connectivity index (χ1v) is 7.58. The second-order valence-electron chi connectivity index (χ2n) is 4.93. The molecule has 0 unspecified atom stereocenters. The summed E-state index contributed by atoms with van der Waals surface area (Å²) in [6.45, 7) is 4.04. The number of amides is 1. The van der Waals surface area contributed by atoms with Crippen LogP contribution >= 0.6 is 11.6 Å². The van der Waals surface area contributed by atoms with Gasteiger partial charge in [-0.3, -0.25) is 4.79 Å². The van der Waals surface area contributed by atoms with Gasteiger partial charge in [-0.25, -0.2) is 0 Å². The third-order valence-corrected chi connectivity index (χ3v) is 3.21. The van der Waals surface area contributed by atoms with Crippen molar-refractivity contribution in [2.45, 2.75) is 19.5 Å². The SMILES string of the molecule is C=CCN(CC(F)(F)F)C(=O)c1cc(Cl)c(OCCC)c(OC)c1. The van der Waals surface area contributed by atoms with Crippen LogP contribution in [0.5, 0.6) is 11.5 Å². The lowest BCUT2D eigenvalue weighted by atomic mass is 10.1. The molecule has 0 aliphatic rings. The summed E-state index contributed by atoms with van der Waals surface area (Å²) in [7, 11) is 1.36. The van der Waals surface area contributed by atoms with Gasteiger partial charge in [0.15, 0.2) is 11.5 Å². The molecule has 24 heavy (non-hydrogen) atoms. The van der Waals surface area contributed by atoms with Crippen LogP contribution in [0.4, 0.5) is 13.2 Å². The fourth-order valence-corrected chi connectivity index (χ4v) is 2.23. The second kappa shape index (κ2) is 8.82. The molecule has 0 aromatic heterocycles. The van der Waals surface area contributed by atoms with Gasteiger partial charge in [-0.15, -0.1) is 6.58 Å². The van der Waals surface area contributed by atoms with Crippen LogP contribution in [-0.4, -0.2) is 43.8 Å². The van der Waals surface area contributed by atoms with E-state index in [-0.39, 0.29) is 28.6 Å². The van der Waals surface area contributed by atoms with E-state index < -0.39 is 18.6 Å². The minimum atomic E-state index is -4.52. The van der Waals surface area contributed by atoms with Gasteiger partial charge < -0.3 is 14.4 Å². The number of methoxy groups -OCH3 is 1. The van der Waals surface area contributed by atoms with Crippen LogP contribution < -0.4 is 9.47 Å². The van der Waals surface area contributed by atoms with Crippen molar-refractivity contribution in [2.24, 2.45) is 0 Å². The minimum Gasteiger partial charge on any atom is -0.493 e. The lowest BCUT2D eigenvalue weighted by Gasteiger charge is -2.23. The van der Waals surface area contributed by atoms with Crippen molar-refractivity contribution in [1.29, 1.82) is 0 Å². The van der Waals surface area contributed by atoms with Crippen molar-refractivity contribution in [3.8, 4) is 11.5 Å². The van der Waals surface area contributed by atoms with Gasteiger partial charge in [0.05, 0.1) is 18.7 Å². The number of carbonyl (C=O) groups is 1. The zero-order valence-electron chi connectivity index (χ0n) is 13.5. The molecule has 1 aromatic rings. The molecule has 8 heteroatoms. The molecule has 0 aliphatic carbocycles. The van der Waals surface area contributed by atoms with Gasteiger partial charge in [0.1, 0.15) is 6.54 Å². The summed E-state index contributed by atoms with van der Waals surface area (Å²) in [4.78, 5) is 13.0. The molecule has 0 fully saturated rings. The van der Waals surface area contributed by atoms with Crippen LogP contribution in [0, 0.1) is 0 Å². The molecule has 4 nitrogen and oxygen atoms in total. The van der Waals surface area contributed by atoms with Crippen molar-refractivity contribution >= 4 is 17.5 Å². The van der Waals surface area contributed by atoms with Crippen LogP contribution in [-0.2, 0) is 0 Å². The van der Waals surface area contributed by atoms with E-state index in [9.17, 15) is 18.0 Å². The van der Waals surface area contributed by atoms with Gasteiger partial charge in [-0.1, -0.05) is 24.6 Å². The van der Waals surface area contributed by atoms with Gasteiger partial charge in [-0.2, -0.15) is 13.2 Å². The molecule has 0 heterocycles. The zero-order chi connectivity index (χ0) is 18.3. The average Bonchev–Trinajstić information content (AvgIpc) is 2.50. The van der Waals surface area contributed by atoms with Crippen molar-refractivity contribution in [3.05, 3.63) is 35.4 Å². The van der Waals surface area contributed by atoms with E-state index >= 15 is 0 Å². The number of hydrogen-bond acceptors (Lipinski definition) is 3. The van der Waals surface area contributed by atoms with Gasteiger partial charge >= 0.3 is 6.18 Å². The maximum atomic E-state index is 12.6. The summed E-state index contributed by atoms with van der Waals surface area (Å²) in [5.41, 5.74) is -0.0215. The Labute approximate surface area is 143 Å². The largest absolute Gasteiger partial charge is 0.493 e. The Bertz CT molecular complexity index is 591. The summed E-state index contributed by atoms with van der Waals surface area (Å²) in [6.07, 6.45) is -2.56. The summed E-state index contributed by atoms with van der Waals surface area (Å²) in [5, 5.41) is 0.0942. The van der Waals surface area contributed by atoms with Crippen molar-refractivity contribution in [1.82, 2.24) is 4.90 Å². The molecule has 1 amide bonds. The van der Waals surface area contributed by atoms with Crippen LogP contribution in [0.15, 0.2) is 24.8 Å². The molecule has 0 N–H and O–H groups in total. The summed E-state index contributed by atoms with van der Waals surface area (Å²) in [5.74, 6) is -0.386. The molecule has 1 rings (SSSR count). The van der Waals surface area contributed by atoms with E-state index in [1.54, 1.807) is 0 Å². The highest BCUT2D eigenvalue weighted by molar-refractivity contribution is 6.32. The van der Waals surface area contributed by atoms with Gasteiger partial charge in [0, 0.05) is 12.1 Å². The van der Waals surface area contributed by atoms with Crippen molar-refractivity contribution in [3.63, 3.8) is 0 Å². The van der Waals surface area contributed by atoms with E-state index in [0.29, 0.717) is 11.5 Å². The standard InChI is InChI=1S/C16H19ClF3NO3/c1-4-6-21(10-16(18,19)20)15(22)11-8-12(17)14(24-7-5-2)13(9-11)23-3/h4,8-9H,1,5-7,10H2,2-3H3. The molecule has 0 saturated carbocycles. The Kier molecular flexibility index (Phi) is 7.41. The Morgan fingerprint density at radius 3 is 2.58 bits per heavy atom. The number of benzene rings is 1. The Hall–Kier alpha value is -1.89. The first-order chi connectivity index (χ1) is 11.2. The summed E-state index contributed by atoms with van der Waals surface area (Å²) in [6, 6.07) is 2.58. The number of rotatable bonds is 8. The predicted octanol–water partition coefficient (Wildman–Crippen LogP) is 4.33. The topological polar surface area (TPSA) is 38.8 Å². The minimum absolute atomic E-state index is 0.0215. The van der Waals surface area contributed by atoms with Crippen molar-refractivity contribution in [2.75, 3.05) is 26.8 Å². The number of ether oxygens (including phenoxy) is 2. The van der Waals surface area contributed by atoms with Crippen LogP contribution in [0.3, 0.4) is 0 Å². The number of hydrogen-bond donors (Lipinski definition) is 0. The molecule has 0 atom stereocenters. The van der Waals surface area contributed by atoms with Crippen molar-refractivity contribution < 1.29 is 27.4 Å². The first kappa shape index (κ1) is 20.2. The third kappa shape index (κ3) is 5.63. The highest BCUT2D eigenvalue weighted by Gasteiger charge is 2.33. The quantitative estimate of drug-likeness (QED) is 0.644. The maximum Gasteiger partial charge on any atom is 0.406 e. The predicted molar refractivity (Wildman–Crippen MR) is 85.9 cm³/mol. The van der Waals surface area contributed by atoms with Crippen LogP contribution in [0.1, 0.15) is 23.7 Å². The van der Waals surface area contributed by atoms with Crippen LogP contribution in [0.25, 0.3) is 0 Å². The first-order valence-electron chi connectivity index (χ1n) is 7.20. The Morgan fingerprint density at radius 2 is 2.08 bits per heavy atom. The second-order valence-corrected chi connectivity index (χ2v) is 5.33. The molecule has 1 aromatic carbocycles. The maximum absolute atomic E-state index is 12.6. The molecule has 0 spiro atoms. The van der Waals surface area contributed by atoms with Gasteiger partial charge in [-0.05, 0) is 18.6 Å². The Morgan fingerprint density at radius 1 is 1.42 bits per heavy atom. The average molecular weight is 366 g/mol. The third-order valence-electron chi connectivity index (χ3n) is 2.93. The fraction of sp³-hybridized carbons (Fsp3) is 0.438. The lowest BCUT2D eigenvalue weighted by molar-refractivity contribution is -0.139. The molecule has 0 aliphatic heterocycles. The lowest BCUT2D eigenvalue weighted by Crippen LogP contribution is -2.39. The normalized spacial score (nSPS) is 11.1. The summed E-state index contributed by atoms with van der Waals surface area (Å²) >= 11 is 6.09. The molecule has 0 bridgehead atoms. The molecule has 0 radical (unpaired) electrons. The van der Waals surface area contributed by atoms with Gasteiger partial charge in [0.2, 0.25) is 0 Å². The zero-order valence-corrected chi connectivity index (χ0v) is 14.2. The number of nitrogens with zero attached hydrogens (tertiary/aromatic N) is 1. The smallest absolute Gasteiger partial charge is 0.406 e. The van der Waals surface area contributed by atoms with E-state index in [1.807, 2.05) is 6.92 Å². The van der Waals surface area contributed by atoms with E-state index in [1.165, 1.54) is 25.3 Å². The van der Waals surface area contributed by atoms with E-state index in [4.69, 9.17) is 21.1 Å². The van der Waals surface area contributed by atoms with E-state index in [0.717, 1.165) is 6.42 Å². The number of carbonyl (C=O) groups excluding carboxylic acids is 1. The molecular weight excluding hydrogens is 347 g/mol. The van der Waals surface area contributed by atoms with Crippen LogP contribution in [0.2, 0.25) is 5.02 Å². The fourth-order valence-electron chi connectivity index (χ4n) is 1.96. The van der Waals surface area contributed by atoms with Gasteiger partial charge in [0.25, 0.3) is 5.91 Å². The number of alkyl halides is 3. The Balaban J connectivity index is 3.16. The highest BCUT2D eigenvalue weighted by atomic mass is 35.5. The summed E-state index contributed by atoms with van der Waals surface area (Å²) < 4.78 is 48.5.